The largest absolute Gasteiger partial charge is 0.351 e. The maximum absolute atomic E-state index is 11.6. The first-order chi connectivity index (χ1) is 10.2. The summed E-state index contributed by atoms with van der Waals surface area (Å²) < 4.78 is 0. The summed E-state index contributed by atoms with van der Waals surface area (Å²) in [7, 11) is 0. The molecule has 2 amide bonds. The van der Waals surface area contributed by atoms with Gasteiger partial charge in [0.05, 0.1) is 13.1 Å². The summed E-state index contributed by atoms with van der Waals surface area (Å²) in [6.07, 6.45) is 7.06. The summed E-state index contributed by atoms with van der Waals surface area (Å²) in [6, 6.07) is 7.46. The molecule has 3 N–H and O–H groups in total. The smallest absolute Gasteiger partial charge is 0.234 e. The fourth-order valence-electron chi connectivity index (χ4n) is 1.81. The molecule has 21 heavy (non-hydrogen) atoms. The van der Waals surface area contributed by atoms with Crippen LogP contribution in [0.15, 0.2) is 24.3 Å². The lowest BCUT2D eigenvalue weighted by Crippen LogP contribution is -2.33. The molecule has 0 atom stereocenters. The van der Waals surface area contributed by atoms with Crippen LogP contribution in [0, 0.1) is 18.3 Å². The quantitative estimate of drug-likeness (QED) is 0.514. The highest BCUT2D eigenvalue weighted by molar-refractivity contribution is 5.94. The molecule has 0 heterocycles. The van der Waals surface area contributed by atoms with E-state index in [1.54, 1.807) is 0 Å². The summed E-state index contributed by atoms with van der Waals surface area (Å²) in [5.41, 5.74) is 1.77. The molecule has 2 rings (SSSR count). The first kappa shape index (κ1) is 15.1. The van der Waals surface area contributed by atoms with Crippen molar-refractivity contribution in [2.75, 3.05) is 18.4 Å². The van der Waals surface area contributed by atoms with Gasteiger partial charge in [0.2, 0.25) is 11.8 Å². The van der Waals surface area contributed by atoms with Crippen LogP contribution in [0.5, 0.6) is 0 Å². The first-order valence-electron chi connectivity index (χ1n) is 6.99. The number of anilines is 1. The second kappa shape index (κ2) is 7.46. The molecule has 0 aromatic heterocycles. The van der Waals surface area contributed by atoms with E-state index in [9.17, 15) is 9.59 Å². The third kappa shape index (κ3) is 5.28. The molecule has 1 aliphatic carbocycles. The topological polar surface area (TPSA) is 70.2 Å². The first-order valence-corrected chi connectivity index (χ1v) is 6.99. The molecule has 1 aliphatic rings. The van der Waals surface area contributed by atoms with Gasteiger partial charge in [0.1, 0.15) is 0 Å². The Morgan fingerprint density at radius 3 is 2.57 bits per heavy atom. The molecule has 5 nitrogen and oxygen atoms in total. The van der Waals surface area contributed by atoms with Crippen molar-refractivity contribution >= 4 is 17.5 Å². The molecule has 1 saturated carbocycles. The predicted molar refractivity (Wildman–Crippen MR) is 81.3 cm³/mol. The number of rotatable bonds is 7. The second-order valence-corrected chi connectivity index (χ2v) is 5.04. The highest BCUT2D eigenvalue weighted by Gasteiger charge is 2.29. The lowest BCUT2D eigenvalue weighted by molar-refractivity contribution is -0.120. The van der Waals surface area contributed by atoms with E-state index in [0.717, 1.165) is 24.1 Å². The van der Waals surface area contributed by atoms with Crippen molar-refractivity contribution in [1.29, 1.82) is 0 Å². The Hall–Kier alpha value is -2.32. The Bertz CT molecular complexity index is 542. The van der Waals surface area contributed by atoms with Gasteiger partial charge in [-0.05, 0) is 30.5 Å². The molecule has 0 radical (unpaired) electrons. The number of terminal acetylenes is 1. The minimum absolute atomic E-state index is 0.0932. The fourth-order valence-corrected chi connectivity index (χ4v) is 1.81. The van der Waals surface area contributed by atoms with Gasteiger partial charge in [-0.25, -0.2) is 0 Å². The number of carbonyl (C=O) groups excluding carboxylic acids is 2. The zero-order chi connectivity index (χ0) is 15.1. The molecule has 0 spiro atoms. The Morgan fingerprint density at radius 2 is 1.95 bits per heavy atom. The fraction of sp³-hybridized carbons (Fsp3) is 0.375. The van der Waals surface area contributed by atoms with E-state index in [-0.39, 0.29) is 24.3 Å². The Kier molecular flexibility index (Phi) is 5.35. The van der Waals surface area contributed by atoms with Crippen LogP contribution in [-0.2, 0) is 16.1 Å². The van der Waals surface area contributed by atoms with Gasteiger partial charge >= 0.3 is 0 Å². The van der Waals surface area contributed by atoms with E-state index >= 15 is 0 Å². The van der Waals surface area contributed by atoms with E-state index in [1.807, 2.05) is 24.3 Å². The van der Waals surface area contributed by atoms with E-state index in [2.05, 4.69) is 21.9 Å². The highest BCUT2D eigenvalue weighted by atomic mass is 16.2. The maximum atomic E-state index is 11.6. The predicted octanol–water partition coefficient (Wildman–Crippen LogP) is 0.874. The van der Waals surface area contributed by atoms with Crippen molar-refractivity contribution in [2.24, 2.45) is 5.92 Å². The zero-order valence-corrected chi connectivity index (χ0v) is 11.8. The van der Waals surface area contributed by atoms with E-state index in [4.69, 9.17) is 6.42 Å². The van der Waals surface area contributed by atoms with E-state index < -0.39 is 0 Å². The Labute approximate surface area is 124 Å². The number of nitrogens with one attached hydrogen (secondary N) is 3. The number of benzene rings is 1. The second-order valence-electron chi connectivity index (χ2n) is 5.04. The lowest BCUT2D eigenvalue weighted by Gasteiger charge is -2.07. The third-order valence-electron chi connectivity index (χ3n) is 3.17. The SMILES string of the molecule is C#CCNCC(=O)NCc1ccc(NC(=O)C2CC2)cc1. The van der Waals surface area contributed by atoms with Crippen molar-refractivity contribution in [3.05, 3.63) is 29.8 Å². The molecule has 5 heteroatoms. The van der Waals surface area contributed by atoms with Gasteiger partial charge in [0.15, 0.2) is 0 Å². The third-order valence-corrected chi connectivity index (χ3v) is 3.17. The number of hydrogen-bond donors (Lipinski definition) is 3. The van der Waals surface area contributed by atoms with Crippen LogP contribution < -0.4 is 16.0 Å². The van der Waals surface area contributed by atoms with Crippen LogP contribution in [0.25, 0.3) is 0 Å². The number of hydrogen-bond acceptors (Lipinski definition) is 3. The van der Waals surface area contributed by atoms with Gasteiger partial charge in [-0.1, -0.05) is 18.1 Å². The molecular formula is C16H19N3O2. The average molecular weight is 285 g/mol. The molecule has 1 fully saturated rings. The zero-order valence-electron chi connectivity index (χ0n) is 11.8. The minimum Gasteiger partial charge on any atom is -0.351 e. The standard InChI is InChI=1S/C16H19N3O2/c1-2-9-17-11-15(20)18-10-12-3-7-14(8-4-12)19-16(21)13-5-6-13/h1,3-4,7-8,13,17H,5-6,9-11H2,(H,18,20)(H,19,21). The van der Waals surface area contributed by atoms with Crippen LogP contribution in [0.2, 0.25) is 0 Å². The summed E-state index contributed by atoms with van der Waals surface area (Å²) in [6.45, 7) is 1.04. The van der Waals surface area contributed by atoms with Gasteiger partial charge in [-0.15, -0.1) is 6.42 Å². The van der Waals surface area contributed by atoms with Gasteiger partial charge in [0.25, 0.3) is 0 Å². The normalized spacial score (nSPS) is 13.3. The molecule has 1 aromatic carbocycles. The molecule has 0 aliphatic heterocycles. The highest BCUT2D eigenvalue weighted by Crippen LogP contribution is 2.30. The summed E-state index contributed by atoms with van der Waals surface area (Å²) in [5.74, 6) is 2.59. The van der Waals surface area contributed by atoms with Crippen molar-refractivity contribution in [3.8, 4) is 12.3 Å². The number of amides is 2. The van der Waals surface area contributed by atoms with Crippen molar-refractivity contribution < 1.29 is 9.59 Å². The van der Waals surface area contributed by atoms with Crippen LogP contribution in [0.3, 0.4) is 0 Å². The van der Waals surface area contributed by atoms with Crippen LogP contribution in [0.1, 0.15) is 18.4 Å². The minimum atomic E-state index is -0.101. The molecule has 110 valence electrons. The van der Waals surface area contributed by atoms with E-state index in [1.165, 1.54) is 0 Å². The van der Waals surface area contributed by atoms with Gasteiger partial charge < -0.3 is 10.6 Å². The molecule has 0 bridgehead atoms. The van der Waals surface area contributed by atoms with Crippen LogP contribution in [0.4, 0.5) is 5.69 Å². The van der Waals surface area contributed by atoms with Crippen LogP contribution >= 0.6 is 0 Å². The van der Waals surface area contributed by atoms with Gasteiger partial charge in [-0.2, -0.15) is 0 Å². The lowest BCUT2D eigenvalue weighted by atomic mass is 10.2. The monoisotopic (exact) mass is 285 g/mol. The Balaban J connectivity index is 1.73. The van der Waals surface area contributed by atoms with Crippen molar-refractivity contribution in [1.82, 2.24) is 10.6 Å². The summed E-state index contributed by atoms with van der Waals surface area (Å²) >= 11 is 0. The molecule has 0 unspecified atom stereocenters. The van der Waals surface area contributed by atoms with Crippen molar-refractivity contribution in [3.63, 3.8) is 0 Å². The Morgan fingerprint density at radius 1 is 1.24 bits per heavy atom. The van der Waals surface area contributed by atoms with Crippen LogP contribution in [-0.4, -0.2) is 24.9 Å². The molecular weight excluding hydrogens is 266 g/mol. The van der Waals surface area contributed by atoms with Gasteiger partial charge in [0, 0.05) is 18.2 Å². The maximum Gasteiger partial charge on any atom is 0.234 e. The van der Waals surface area contributed by atoms with Gasteiger partial charge in [-0.3, -0.25) is 14.9 Å². The van der Waals surface area contributed by atoms with Crippen molar-refractivity contribution in [2.45, 2.75) is 19.4 Å². The molecule has 0 saturated heterocycles. The summed E-state index contributed by atoms with van der Waals surface area (Å²) in [5, 5.41) is 8.49. The van der Waals surface area contributed by atoms with E-state index in [0.29, 0.717) is 13.1 Å². The molecule has 1 aromatic rings. The summed E-state index contributed by atoms with van der Waals surface area (Å²) in [4.78, 5) is 23.1. The average Bonchev–Trinajstić information content (AvgIpc) is 3.31. The number of carbonyl (C=O) groups is 2.